The Morgan fingerprint density at radius 2 is 1.36 bits per heavy atom. The average Bonchev–Trinajstić information content (AvgIpc) is 3.70. The third-order valence-electron chi connectivity index (χ3n) is 9.44. The fourth-order valence-electron chi connectivity index (χ4n) is 6.38. The van der Waals surface area contributed by atoms with Gasteiger partial charge >= 0.3 is 5.97 Å². The van der Waals surface area contributed by atoms with Crippen LogP contribution in [0.4, 0.5) is 0 Å². The summed E-state index contributed by atoms with van der Waals surface area (Å²) >= 11 is 0. The van der Waals surface area contributed by atoms with E-state index in [0.717, 1.165) is 0 Å². The van der Waals surface area contributed by atoms with Gasteiger partial charge < -0.3 is 70.8 Å². The maximum atomic E-state index is 14.2. The van der Waals surface area contributed by atoms with Crippen LogP contribution in [0.15, 0.2) is 34.3 Å². The van der Waals surface area contributed by atoms with Crippen LogP contribution in [0, 0.1) is 5.92 Å². The minimum Gasteiger partial charge on any atom is -0.508 e. The van der Waals surface area contributed by atoms with E-state index < -0.39 is 71.8 Å². The molecule has 23 heteroatoms. The molecule has 1 aromatic carbocycles. The second kappa shape index (κ2) is 27.8. The first-order valence-electron chi connectivity index (χ1n) is 20.3. The molecule has 18 N–H and O–H groups in total. The lowest BCUT2D eigenvalue weighted by atomic mass is 10.0. The van der Waals surface area contributed by atoms with Crippen LogP contribution in [-0.2, 0) is 35.2 Å². The van der Waals surface area contributed by atoms with Crippen molar-refractivity contribution in [3.8, 4) is 5.75 Å². The summed E-state index contributed by atoms with van der Waals surface area (Å²) < 4.78 is 0. The van der Waals surface area contributed by atoms with Crippen molar-refractivity contribution in [1.82, 2.24) is 26.2 Å². The van der Waals surface area contributed by atoms with Crippen LogP contribution >= 0.6 is 21.6 Å². The topological polar surface area (TPSA) is 375 Å². The molecule has 1 fully saturated rings. The number of aliphatic imine (C=N–C) groups is 2. The largest absolute Gasteiger partial charge is 0.508 e. The molecule has 6 atom stereocenters. The van der Waals surface area contributed by atoms with Gasteiger partial charge in [0.25, 0.3) is 0 Å². The first-order chi connectivity index (χ1) is 28.9. The van der Waals surface area contributed by atoms with Crippen molar-refractivity contribution < 1.29 is 39.0 Å². The lowest BCUT2D eigenvalue weighted by Gasteiger charge is -2.30. The standard InChI is InChI=1S/C38H65N13O8S2/c1-22(2)20-29(36(58)59)50-32(54)26(13-18-60-61-19-14-39)47-33(55)28(21-23-9-11-24(52)12-10-23)49-34(56)30-8-5-17-51(30)35(57)27(7-4-16-46-38(43)44)48-31(53)25(40)6-3-15-45-37(41)42/h9-12,22,25-30,52H,3-8,13-21,39-40H2,1-2H3,(H,47,55)(H,48,53)(H,49,56)(H,50,54)(H,58,59)(H4,41,42,45)(H4,43,44,46)/t25-,26+,27-,28-,29-,30-/m0/s1. The Hall–Kier alpha value is -5.00. The minimum absolute atomic E-state index is 0.0168. The molecule has 342 valence electrons. The first kappa shape index (κ1) is 52.1. The van der Waals surface area contributed by atoms with Gasteiger partial charge in [0.1, 0.15) is 36.0 Å². The number of aliphatic carboxylic acids is 1. The van der Waals surface area contributed by atoms with Crippen molar-refractivity contribution in [2.45, 2.75) is 108 Å². The van der Waals surface area contributed by atoms with Crippen molar-refractivity contribution >= 4 is 69.0 Å². The minimum atomic E-state index is -1.28. The van der Waals surface area contributed by atoms with E-state index in [4.69, 9.17) is 34.4 Å². The van der Waals surface area contributed by atoms with Gasteiger partial charge in [-0.25, -0.2) is 4.79 Å². The second-order valence-corrected chi connectivity index (χ2v) is 17.7. The van der Waals surface area contributed by atoms with Gasteiger partial charge in [-0.3, -0.25) is 34.0 Å². The molecule has 21 nitrogen and oxygen atoms in total. The third kappa shape index (κ3) is 20.0. The predicted molar refractivity (Wildman–Crippen MR) is 238 cm³/mol. The number of carbonyl (C=O) groups is 6. The summed E-state index contributed by atoms with van der Waals surface area (Å²) in [6.45, 7) is 4.70. The van der Waals surface area contributed by atoms with Crippen molar-refractivity contribution in [3.05, 3.63) is 29.8 Å². The normalized spacial score (nSPS) is 16.0. The van der Waals surface area contributed by atoms with Gasteiger partial charge in [-0.05, 0) is 75.0 Å². The molecule has 0 aromatic heterocycles. The molecule has 2 rings (SSSR count). The zero-order valence-electron chi connectivity index (χ0n) is 34.9. The number of carboxylic acid groups (broad SMARTS) is 1. The van der Waals surface area contributed by atoms with Crippen molar-refractivity contribution in [1.29, 1.82) is 0 Å². The number of rotatable bonds is 28. The number of nitrogens with zero attached hydrogens (tertiary/aromatic N) is 3. The molecule has 0 unspecified atom stereocenters. The van der Waals surface area contributed by atoms with Gasteiger partial charge in [0.15, 0.2) is 11.9 Å². The van der Waals surface area contributed by atoms with E-state index in [1.165, 1.54) is 38.6 Å². The molecule has 1 saturated heterocycles. The number of amides is 5. The highest BCUT2D eigenvalue weighted by Gasteiger charge is 2.39. The number of benzene rings is 1. The van der Waals surface area contributed by atoms with Gasteiger partial charge in [-0.15, -0.1) is 0 Å². The number of hydrogen-bond donors (Lipinski definition) is 12. The molecular weight excluding hydrogens is 831 g/mol. The van der Waals surface area contributed by atoms with E-state index in [1.807, 2.05) is 13.8 Å². The molecule has 0 aliphatic carbocycles. The number of carboxylic acids is 1. The molecule has 1 aromatic rings. The summed E-state index contributed by atoms with van der Waals surface area (Å²) in [6, 6.07) is -0.756. The third-order valence-corrected chi connectivity index (χ3v) is 11.9. The van der Waals surface area contributed by atoms with E-state index in [0.29, 0.717) is 42.9 Å². The molecule has 1 aliphatic heterocycles. The molecule has 1 heterocycles. The van der Waals surface area contributed by atoms with Crippen LogP contribution in [0.2, 0.25) is 0 Å². The number of hydrogen-bond acceptors (Lipinski definition) is 13. The zero-order chi connectivity index (χ0) is 45.5. The Bertz CT molecular complexity index is 1650. The molecule has 0 radical (unpaired) electrons. The lowest BCUT2D eigenvalue weighted by molar-refractivity contribution is -0.143. The van der Waals surface area contributed by atoms with Crippen LogP contribution in [0.1, 0.15) is 70.8 Å². The summed E-state index contributed by atoms with van der Waals surface area (Å²) in [4.78, 5) is 90.5. The Balaban J connectivity index is 2.37. The molecule has 5 amide bonds. The Morgan fingerprint density at radius 1 is 0.787 bits per heavy atom. The highest BCUT2D eigenvalue weighted by atomic mass is 33.1. The van der Waals surface area contributed by atoms with Gasteiger partial charge in [-0.1, -0.05) is 47.6 Å². The Kier molecular flexibility index (Phi) is 23.7. The van der Waals surface area contributed by atoms with Crippen molar-refractivity contribution in [3.63, 3.8) is 0 Å². The SMILES string of the molecule is CC(C)C[C@H](NC(=O)[C@@H](CCSSCCN)NC(=O)[C@H](Cc1ccc(O)cc1)NC(=O)[C@@H]1CCCN1C(=O)[C@H](CCCN=C(N)N)NC(=O)[C@@H](N)CCCN=C(N)N)C(=O)O. The molecule has 0 bridgehead atoms. The van der Waals surface area contributed by atoms with Crippen LogP contribution in [-0.4, -0.2) is 136 Å². The maximum Gasteiger partial charge on any atom is 0.326 e. The number of carbonyl (C=O) groups excluding carboxylic acids is 5. The summed E-state index contributed by atoms with van der Waals surface area (Å²) in [5.41, 5.74) is 34.0. The number of phenolic OH excluding ortho intramolecular Hbond substituents is 1. The van der Waals surface area contributed by atoms with Crippen LogP contribution < -0.4 is 55.7 Å². The molecule has 1 aliphatic rings. The van der Waals surface area contributed by atoms with E-state index in [2.05, 4.69) is 31.3 Å². The highest BCUT2D eigenvalue weighted by Crippen LogP contribution is 2.23. The molecular formula is C38H65N13O8S2. The smallest absolute Gasteiger partial charge is 0.326 e. The van der Waals surface area contributed by atoms with Gasteiger partial charge in [0.05, 0.1) is 6.04 Å². The van der Waals surface area contributed by atoms with Gasteiger partial charge in [0, 0.05) is 44.1 Å². The fourth-order valence-corrected chi connectivity index (χ4v) is 8.32. The number of guanidine groups is 2. The Morgan fingerprint density at radius 3 is 1.95 bits per heavy atom. The van der Waals surface area contributed by atoms with Crippen molar-refractivity contribution in [2.75, 3.05) is 37.7 Å². The summed E-state index contributed by atoms with van der Waals surface area (Å²) in [6.07, 6.45) is 1.97. The van der Waals surface area contributed by atoms with Gasteiger partial charge in [0.2, 0.25) is 29.5 Å². The van der Waals surface area contributed by atoms with Gasteiger partial charge in [-0.2, -0.15) is 0 Å². The number of phenols is 1. The first-order valence-corrected chi connectivity index (χ1v) is 22.8. The molecule has 0 spiro atoms. The molecule has 61 heavy (non-hydrogen) atoms. The Labute approximate surface area is 364 Å². The lowest BCUT2D eigenvalue weighted by Crippen LogP contribution is -2.59. The number of nitrogens with one attached hydrogen (secondary N) is 4. The summed E-state index contributed by atoms with van der Waals surface area (Å²) in [7, 11) is 2.93. The monoisotopic (exact) mass is 895 g/mol. The fraction of sp³-hybridized carbons (Fsp3) is 0.632. The van der Waals surface area contributed by atoms with E-state index >= 15 is 0 Å². The zero-order valence-corrected chi connectivity index (χ0v) is 36.6. The maximum absolute atomic E-state index is 14.2. The van der Waals surface area contributed by atoms with Crippen LogP contribution in [0.3, 0.4) is 0 Å². The number of aromatic hydroxyl groups is 1. The summed E-state index contributed by atoms with van der Waals surface area (Å²) in [5, 5.41) is 30.5. The quantitative estimate of drug-likeness (QED) is 0.0190. The second-order valence-electron chi connectivity index (χ2n) is 15.0. The summed E-state index contributed by atoms with van der Waals surface area (Å²) in [5.74, 6) is -3.66. The predicted octanol–water partition coefficient (Wildman–Crippen LogP) is -1.84. The average molecular weight is 896 g/mol. The van der Waals surface area contributed by atoms with E-state index in [1.54, 1.807) is 12.1 Å². The van der Waals surface area contributed by atoms with E-state index in [-0.39, 0.29) is 81.7 Å². The molecule has 0 saturated carbocycles. The van der Waals surface area contributed by atoms with Crippen LogP contribution in [0.25, 0.3) is 0 Å². The number of likely N-dealkylation sites (tertiary alicyclic amines) is 1. The van der Waals surface area contributed by atoms with Crippen LogP contribution in [0.5, 0.6) is 5.75 Å². The highest BCUT2D eigenvalue weighted by molar-refractivity contribution is 8.76. The van der Waals surface area contributed by atoms with Crippen molar-refractivity contribution in [2.24, 2.45) is 50.3 Å². The van der Waals surface area contributed by atoms with E-state index in [9.17, 15) is 39.0 Å². The number of nitrogens with two attached hydrogens (primary N) is 6.